The molecule has 2 nitrogen and oxygen atoms in total. The molecule has 0 aliphatic carbocycles. The van der Waals surface area contributed by atoms with E-state index in [0.717, 1.165) is 30.0 Å². The molecule has 22 heavy (non-hydrogen) atoms. The van der Waals surface area contributed by atoms with E-state index in [9.17, 15) is 0 Å². The van der Waals surface area contributed by atoms with Crippen molar-refractivity contribution < 1.29 is 4.52 Å². The van der Waals surface area contributed by atoms with Crippen molar-refractivity contribution in [2.45, 2.75) is 59.5 Å². The van der Waals surface area contributed by atoms with Crippen molar-refractivity contribution in [2.75, 3.05) is 0 Å². The highest BCUT2D eigenvalue weighted by atomic mass is 32.1. The van der Waals surface area contributed by atoms with Crippen LogP contribution in [0.3, 0.4) is 0 Å². The largest absolute Gasteiger partial charge is 0.358 e. The van der Waals surface area contributed by atoms with Crippen LogP contribution in [0.1, 0.15) is 57.2 Å². The van der Waals surface area contributed by atoms with Gasteiger partial charge in [0.1, 0.15) is 0 Å². The highest BCUT2D eigenvalue weighted by Gasteiger charge is 2.09. The van der Waals surface area contributed by atoms with Gasteiger partial charge in [-0.15, -0.1) is 17.9 Å². The quantitative estimate of drug-likeness (QED) is 0.400. The lowest BCUT2D eigenvalue weighted by Crippen LogP contribution is -2.08. The van der Waals surface area contributed by atoms with Crippen LogP contribution >= 0.6 is 20.8 Å². The van der Waals surface area contributed by atoms with Gasteiger partial charge >= 0.3 is 0 Å². The van der Waals surface area contributed by atoms with E-state index in [4.69, 9.17) is 4.52 Å². The number of nitrogens with zero attached hydrogens (tertiary/aromatic N) is 1. The van der Waals surface area contributed by atoms with Gasteiger partial charge in [0, 0.05) is 14.8 Å². The number of thiazole rings is 1. The molecule has 0 radical (unpaired) electrons. The smallest absolute Gasteiger partial charge is 0.0901 e. The van der Waals surface area contributed by atoms with Crippen LogP contribution in [0.25, 0.3) is 6.08 Å². The zero-order valence-electron chi connectivity index (χ0n) is 14.2. The zero-order valence-corrected chi connectivity index (χ0v) is 16.2. The second-order valence-corrected chi connectivity index (χ2v) is 7.24. The third kappa shape index (κ3) is 7.49. The molecule has 4 heteroatoms. The summed E-state index contributed by atoms with van der Waals surface area (Å²) in [5, 5.41) is 3.17. The molecule has 0 amide bonds. The standard InChI is InChI=1S/C18H28NOPS/c1-13(2)7-6-8-14(3)9-10-18(20-21)15(4)11-17-12-22-16(5)19-17/h9,11-12,18H,1,6-8,10,21H2,2-5H3/t18-/m0/s1. The number of aryl methyl sites for hydroxylation is 1. The lowest BCUT2D eigenvalue weighted by molar-refractivity contribution is 0.285. The van der Waals surface area contributed by atoms with Crippen molar-refractivity contribution in [2.24, 2.45) is 0 Å². The van der Waals surface area contributed by atoms with Crippen LogP contribution in [0.15, 0.2) is 34.8 Å². The van der Waals surface area contributed by atoms with Gasteiger partial charge in [0.25, 0.3) is 0 Å². The summed E-state index contributed by atoms with van der Waals surface area (Å²) in [6.45, 7) is 12.4. The molecule has 1 heterocycles. The van der Waals surface area contributed by atoms with Gasteiger partial charge in [0.15, 0.2) is 0 Å². The molecule has 0 aromatic carbocycles. The van der Waals surface area contributed by atoms with Crippen molar-refractivity contribution in [1.82, 2.24) is 4.98 Å². The number of hydrogen-bond acceptors (Lipinski definition) is 3. The van der Waals surface area contributed by atoms with Crippen molar-refractivity contribution in [3.63, 3.8) is 0 Å². The topological polar surface area (TPSA) is 22.1 Å². The third-order valence-corrected chi connectivity index (χ3v) is 4.66. The van der Waals surface area contributed by atoms with Crippen LogP contribution in [0, 0.1) is 6.92 Å². The summed E-state index contributed by atoms with van der Waals surface area (Å²) in [6.07, 6.45) is 8.80. The minimum Gasteiger partial charge on any atom is -0.358 e. The minimum atomic E-state index is 0.0862. The van der Waals surface area contributed by atoms with Crippen LogP contribution in [0.5, 0.6) is 0 Å². The molecular weight excluding hydrogens is 309 g/mol. The first-order valence-corrected chi connectivity index (χ1v) is 9.03. The van der Waals surface area contributed by atoms with Gasteiger partial charge in [-0.3, -0.25) is 0 Å². The third-order valence-electron chi connectivity index (χ3n) is 3.54. The molecule has 0 saturated carbocycles. The van der Waals surface area contributed by atoms with E-state index < -0.39 is 0 Å². The number of hydrogen-bond donors (Lipinski definition) is 0. The van der Waals surface area contributed by atoms with Crippen LogP contribution < -0.4 is 0 Å². The highest BCUT2D eigenvalue weighted by molar-refractivity contribution is 7.10. The molecule has 0 spiro atoms. The monoisotopic (exact) mass is 337 g/mol. The number of allylic oxidation sites excluding steroid dienone is 2. The summed E-state index contributed by atoms with van der Waals surface area (Å²) in [5.74, 6) is 0. The summed E-state index contributed by atoms with van der Waals surface area (Å²) >= 11 is 1.67. The Balaban J connectivity index is 2.56. The molecule has 2 atom stereocenters. The molecule has 0 aliphatic rings. The molecule has 1 aromatic heterocycles. The first-order valence-electron chi connectivity index (χ1n) is 7.68. The lowest BCUT2D eigenvalue weighted by Gasteiger charge is -2.14. The summed E-state index contributed by atoms with van der Waals surface area (Å²) in [6, 6.07) is 0. The Bertz CT molecular complexity index is 545. The van der Waals surface area contributed by atoms with Crippen LogP contribution in [0.4, 0.5) is 0 Å². The number of aromatic nitrogens is 1. The maximum Gasteiger partial charge on any atom is 0.0901 e. The average molecular weight is 337 g/mol. The Kier molecular flexibility index (Phi) is 8.85. The highest BCUT2D eigenvalue weighted by Crippen LogP contribution is 2.20. The van der Waals surface area contributed by atoms with Gasteiger partial charge < -0.3 is 4.52 Å². The van der Waals surface area contributed by atoms with Gasteiger partial charge in [0.2, 0.25) is 0 Å². The van der Waals surface area contributed by atoms with Crippen molar-refractivity contribution in [1.29, 1.82) is 0 Å². The molecular formula is C18H28NOPS. The summed E-state index contributed by atoms with van der Waals surface area (Å²) < 4.78 is 5.55. The van der Waals surface area contributed by atoms with Gasteiger partial charge in [-0.25, -0.2) is 4.98 Å². The van der Waals surface area contributed by atoms with Gasteiger partial charge in [0.05, 0.1) is 16.8 Å². The van der Waals surface area contributed by atoms with Gasteiger partial charge in [-0.05, 0) is 65.0 Å². The Morgan fingerprint density at radius 3 is 2.68 bits per heavy atom. The van der Waals surface area contributed by atoms with E-state index in [1.807, 2.05) is 6.92 Å². The van der Waals surface area contributed by atoms with Gasteiger partial charge in [-0.2, -0.15) is 0 Å². The lowest BCUT2D eigenvalue weighted by atomic mass is 10.0. The zero-order chi connectivity index (χ0) is 16.5. The Hall–Kier alpha value is -0.760. The SMILES string of the molecule is C=C(C)CCCC(C)=CC[C@H](OP)C(C)=Cc1csc(C)n1. The maximum absolute atomic E-state index is 5.55. The first kappa shape index (κ1) is 19.3. The Labute approximate surface area is 141 Å². The molecule has 1 unspecified atom stereocenters. The molecule has 0 saturated heterocycles. The fourth-order valence-electron chi connectivity index (χ4n) is 2.20. The second kappa shape index (κ2) is 10.1. The van der Waals surface area contributed by atoms with E-state index in [2.05, 4.69) is 59.3 Å². The van der Waals surface area contributed by atoms with Gasteiger partial charge in [-0.1, -0.05) is 17.2 Å². The van der Waals surface area contributed by atoms with E-state index in [-0.39, 0.29) is 6.10 Å². The fourth-order valence-corrected chi connectivity index (χ4v) is 3.10. The number of rotatable bonds is 9. The molecule has 0 N–H and O–H groups in total. The minimum absolute atomic E-state index is 0.0862. The average Bonchev–Trinajstić information content (AvgIpc) is 2.84. The Morgan fingerprint density at radius 1 is 1.41 bits per heavy atom. The van der Waals surface area contributed by atoms with E-state index in [1.54, 1.807) is 11.3 Å². The summed E-state index contributed by atoms with van der Waals surface area (Å²) in [4.78, 5) is 4.48. The van der Waals surface area contributed by atoms with E-state index >= 15 is 0 Å². The predicted molar refractivity (Wildman–Crippen MR) is 102 cm³/mol. The van der Waals surface area contributed by atoms with Crippen LogP contribution in [-0.4, -0.2) is 11.1 Å². The van der Waals surface area contributed by atoms with E-state index in [0.29, 0.717) is 0 Å². The molecule has 122 valence electrons. The molecule has 1 rings (SSSR count). The molecule has 0 aliphatic heterocycles. The van der Waals surface area contributed by atoms with E-state index in [1.165, 1.54) is 23.1 Å². The summed E-state index contributed by atoms with van der Waals surface area (Å²) in [7, 11) is 2.39. The van der Waals surface area contributed by atoms with Crippen molar-refractivity contribution in [3.05, 3.63) is 45.5 Å². The first-order chi connectivity index (χ1) is 10.4. The molecule has 0 fully saturated rings. The molecule has 1 aromatic rings. The maximum atomic E-state index is 5.55. The fraction of sp³-hybridized carbons (Fsp3) is 0.500. The molecule has 0 bridgehead atoms. The van der Waals surface area contributed by atoms with Crippen molar-refractivity contribution >= 4 is 26.9 Å². The van der Waals surface area contributed by atoms with Crippen LogP contribution in [-0.2, 0) is 4.52 Å². The second-order valence-electron chi connectivity index (χ2n) is 5.90. The normalized spacial score (nSPS) is 14.2. The van der Waals surface area contributed by atoms with Crippen molar-refractivity contribution in [3.8, 4) is 0 Å². The predicted octanol–water partition coefficient (Wildman–Crippen LogP) is 6.11. The Morgan fingerprint density at radius 2 is 2.14 bits per heavy atom. The van der Waals surface area contributed by atoms with Crippen LogP contribution in [0.2, 0.25) is 0 Å². The summed E-state index contributed by atoms with van der Waals surface area (Å²) in [5.41, 5.74) is 4.91.